The molecule has 3 rings (SSSR count). The van der Waals surface area contributed by atoms with Crippen molar-refractivity contribution in [2.24, 2.45) is 0 Å². The van der Waals surface area contributed by atoms with E-state index in [9.17, 15) is 9.90 Å². The van der Waals surface area contributed by atoms with Crippen LogP contribution in [0, 0.1) is 6.92 Å². The second kappa shape index (κ2) is 5.35. The van der Waals surface area contributed by atoms with Gasteiger partial charge in [-0.2, -0.15) is 4.98 Å². The molecule has 1 aromatic carbocycles. The van der Waals surface area contributed by atoms with E-state index in [1.165, 1.54) is 11.3 Å². The number of aromatic nitrogens is 2. The van der Waals surface area contributed by atoms with Crippen molar-refractivity contribution in [3.05, 3.63) is 56.7 Å². The van der Waals surface area contributed by atoms with Crippen molar-refractivity contribution < 1.29 is 5.11 Å². The molecule has 106 valence electrons. The van der Waals surface area contributed by atoms with Gasteiger partial charge in [-0.25, -0.2) is 0 Å². The van der Waals surface area contributed by atoms with E-state index in [4.69, 9.17) is 11.6 Å². The summed E-state index contributed by atoms with van der Waals surface area (Å²) in [6, 6.07) is 9.03. The zero-order valence-electron chi connectivity index (χ0n) is 11.1. The maximum absolute atomic E-state index is 12.3. The molecule has 0 aliphatic heterocycles. The minimum absolute atomic E-state index is 0.171. The Labute approximate surface area is 129 Å². The highest BCUT2D eigenvalue weighted by atomic mass is 35.5. The predicted molar refractivity (Wildman–Crippen MR) is 85.0 cm³/mol. The first kappa shape index (κ1) is 13.9. The molecule has 0 radical (unpaired) electrons. The minimum atomic E-state index is -0.382. The third kappa shape index (κ3) is 2.70. The van der Waals surface area contributed by atoms with Crippen LogP contribution in [0.1, 0.15) is 5.56 Å². The summed E-state index contributed by atoms with van der Waals surface area (Å²) >= 11 is 7.21. The van der Waals surface area contributed by atoms with E-state index in [-0.39, 0.29) is 17.0 Å². The molecule has 0 saturated carbocycles. The lowest BCUT2D eigenvalue weighted by molar-refractivity contribution is 0.454. The fourth-order valence-electron chi connectivity index (χ4n) is 2.08. The zero-order chi connectivity index (χ0) is 15.0. The number of nitrogens with zero attached hydrogens (tertiary/aromatic N) is 1. The number of halogens is 1. The van der Waals surface area contributed by atoms with E-state index in [1.54, 1.807) is 17.5 Å². The Kier molecular flexibility index (Phi) is 3.53. The smallest absolute Gasteiger partial charge is 0.262 e. The van der Waals surface area contributed by atoms with Crippen molar-refractivity contribution in [3.8, 4) is 27.7 Å². The Hall–Kier alpha value is -2.11. The number of aryl methyl sites for hydroxylation is 1. The lowest BCUT2D eigenvalue weighted by atomic mass is 10.1. The van der Waals surface area contributed by atoms with Crippen molar-refractivity contribution in [1.82, 2.24) is 9.97 Å². The van der Waals surface area contributed by atoms with E-state index < -0.39 is 0 Å². The number of aromatic hydroxyl groups is 1. The highest BCUT2D eigenvalue weighted by Gasteiger charge is 2.14. The average Bonchev–Trinajstić information content (AvgIpc) is 2.85. The molecular weight excluding hydrogens is 308 g/mol. The third-order valence-corrected chi connectivity index (χ3v) is 4.29. The number of thiophene rings is 1. The summed E-state index contributed by atoms with van der Waals surface area (Å²) in [4.78, 5) is 19.7. The molecule has 0 aliphatic rings. The van der Waals surface area contributed by atoms with E-state index in [0.29, 0.717) is 21.3 Å². The molecule has 0 aliphatic carbocycles. The summed E-state index contributed by atoms with van der Waals surface area (Å²) < 4.78 is 0. The summed E-state index contributed by atoms with van der Waals surface area (Å²) in [6.45, 7) is 1.92. The Balaban J connectivity index is 2.15. The predicted octanol–water partition coefficient (Wildman–Crippen LogP) is 3.83. The number of nitrogens with one attached hydrogen (secondary N) is 1. The molecule has 21 heavy (non-hydrogen) atoms. The van der Waals surface area contributed by atoms with Gasteiger partial charge in [-0.15, -0.1) is 11.3 Å². The molecule has 3 aromatic rings. The number of aromatic amines is 1. The van der Waals surface area contributed by atoms with Crippen LogP contribution in [0.3, 0.4) is 0 Å². The number of H-pyrrole nitrogens is 1. The Morgan fingerprint density at radius 2 is 2.14 bits per heavy atom. The highest BCUT2D eigenvalue weighted by Crippen LogP contribution is 2.30. The van der Waals surface area contributed by atoms with Gasteiger partial charge >= 0.3 is 0 Å². The van der Waals surface area contributed by atoms with E-state index >= 15 is 0 Å². The van der Waals surface area contributed by atoms with Crippen LogP contribution in [0.15, 0.2) is 40.5 Å². The molecule has 0 spiro atoms. The molecule has 0 fully saturated rings. The molecule has 0 atom stereocenters. The minimum Gasteiger partial charge on any atom is -0.493 e. The number of rotatable bonds is 2. The summed E-state index contributed by atoms with van der Waals surface area (Å²) in [6.07, 6.45) is 0. The number of hydrogen-bond donors (Lipinski definition) is 2. The molecule has 2 heterocycles. The lowest BCUT2D eigenvalue weighted by Crippen LogP contribution is -2.11. The number of benzene rings is 1. The van der Waals surface area contributed by atoms with E-state index in [1.807, 2.05) is 25.1 Å². The SMILES string of the molecule is Cc1cccc(-c2c(O)nc(-c3cc(Cl)cs3)[nH]c2=O)c1. The maximum Gasteiger partial charge on any atom is 0.262 e. The van der Waals surface area contributed by atoms with Gasteiger partial charge in [0.1, 0.15) is 5.56 Å². The van der Waals surface area contributed by atoms with Crippen molar-refractivity contribution >= 4 is 22.9 Å². The average molecular weight is 319 g/mol. The maximum atomic E-state index is 12.3. The second-order valence-electron chi connectivity index (χ2n) is 4.61. The van der Waals surface area contributed by atoms with Gasteiger partial charge in [-0.1, -0.05) is 41.4 Å². The molecule has 0 amide bonds. The lowest BCUT2D eigenvalue weighted by Gasteiger charge is -2.06. The van der Waals surface area contributed by atoms with Gasteiger partial charge in [-0.3, -0.25) is 4.79 Å². The van der Waals surface area contributed by atoms with Gasteiger partial charge in [0, 0.05) is 5.38 Å². The van der Waals surface area contributed by atoms with Crippen LogP contribution in [0.25, 0.3) is 21.8 Å². The molecule has 0 bridgehead atoms. The molecule has 2 aromatic heterocycles. The largest absolute Gasteiger partial charge is 0.493 e. The molecular formula is C15H11ClN2O2S. The monoisotopic (exact) mass is 318 g/mol. The van der Waals surface area contributed by atoms with Crippen LogP contribution in [0.2, 0.25) is 5.02 Å². The first-order valence-corrected chi connectivity index (χ1v) is 7.45. The van der Waals surface area contributed by atoms with E-state index in [0.717, 1.165) is 5.56 Å². The fourth-order valence-corrected chi connectivity index (χ4v) is 3.09. The van der Waals surface area contributed by atoms with Crippen molar-refractivity contribution in [2.45, 2.75) is 6.92 Å². The van der Waals surface area contributed by atoms with Gasteiger partial charge in [-0.05, 0) is 18.6 Å². The van der Waals surface area contributed by atoms with Crippen molar-refractivity contribution in [2.75, 3.05) is 0 Å². The Morgan fingerprint density at radius 1 is 1.33 bits per heavy atom. The summed E-state index contributed by atoms with van der Waals surface area (Å²) in [5.41, 5.74) is 1.43. The molecule has 2 N–H and O–H groups in total. The molecule has 0 unspecified atom stereocenters. The van der Waals surface area contributed by atoms with Crippen molar-refractivity contribution in [3.63, 3.8) is 0 Å². The first-order valence-electron chi connectivity index (χ1n) is 6.19. The Bertz CT molecular complexity index is 870. The van der Waals surface area contributed by atoms with Crippen LogP contribution < -0.4 is 5.56 Å². The van der Waals surface area contributed by atoms with Crippen LogP contribution in [0.5, 0.6) is 5.88 Å². The van der Waals surface area contributed by atoms with Gasteiger partial charge in [0.15, 0.2) is 5.82 Å². The Morgan fingerprint density at radius 3 is 2.76 bits per heavy atom. The van der Waals surface area contributed by atoms with Gasteiger partial charge in [0.25, 0.3) is 5.56 Å². The van der Waals surface area contributed by atoms with Gasteiger partial charge in [0.05, 0.1) is 9.90 Å². The molecule has 0 saturated heterocycles. The van der Waals surface area contributed by atoms with Gasteiger partial charge in [0.2, 0.25) is 5.88 Å². The summed E-state index contributed by atoms with van der Waals surface area (Å²) in [7, 11) is 0. The quantitative estimate of drug-likeness (QED) is 0.754. The first-order chi connectivity index (χ1) is 10.0. The van der Waals surface area contributed by atoms with E-state index in [2.05, 4.69) is 9.97 Å². The third-order valence-electron chi connectivity index (χ3n) is 3.01. The van der Waals surface area contributed by atoms with Crippen LogP contribution >= 0.6 is 22.9 Å². The standard InChI is InChI=1S/C15H11ClN2O2S/c1-8-3-2-4-9(5-8)12-14(19)17-13(18-15(12)20)11-6-10(16)7-21-11/h2-7H,1H3,(H2,17,18,19,20). The fraction of sp³-hybridized carbons (Fsp3) is 0.0667. The summed E-state index contributed by atoms with van der Waals surface area (Å²) in [5, 5.41) is 12.4. The molecule has 6 heteroatoms. The van der Waals surface area contributed by atoms with Crippen LogP contribution in [0.4, 0.5) is 0 Å². The number of hydrogen-bond acceptors (Lipinski definition) is 4. The van der Waals surface area contributed by atoms with Crippen molar-refractivity contribution in [1.29, 1.82) is 0 Å². The normalized spacial score (nSPS) is 10.8. The van der Waals surface area contributed by atoms with Crippen LogP contribution in [-0.2, 0) is 0 Å². The van der Waals surface area contributed by atoms with Gasteiger partial charge < -0.3 is 10.1 Å². The second-order valence-corrected chi connectivity index (χ2v) is 5.96. The topological polar surface area (TPSA) is 66.0 Å². The molecule has 4 nitrogen and oxygen atoms in total. The van der Waals surface area contributed by atoms with Crippen LogP contribution in [-0.4, -0.2) is 15.1 Å². The zero-order valence-corrected chi connectivity index (χ0v) is 12.6. The highest BCUT2D eigenvalue weighted by molar-refractivity contribution is 7.14. The summed E-state index contributed by atoms with van der Waals surface area (Å²) in [5.74, 6) is 0.0228.